The van der Waals surface area contributed by atoms with Gasteiger partial charge in [-0.15, -0.1) is 0 Å². The molecule has 0 aliphatic heterocycles. The van der Waals surface area contributed by atoms with Crippen molar-refractivity contribution in [2.24, 2.45) is 0 Å². The van der Waals surface area contributed by atoms with Crippen LogP contribution in [0.15, 0.2) is 72.8 Å². The first-order chi connectivity index (χ1) is 12.7. The maximum absolute atomic E-state index is 12.4. The Labute approximate surface area is 152 Å². The van der Waals surface area contributed by atoms with Crippen LogP contribution < -0.4 is 5.32 Å². The Balaban J connectivity index is 1.79. The minimum atomic E-state index is -0.225. The predicted molar refractivity (Wildman–Crippen MR) is 98.9 cm³/mol. The Kier molecular flexibility index (Phi) is 5.08. The predicted octanol–water partition coefficient (Wildman–Crippen LogP) is 4.03. The van der Waals surface area contributed by atoms with Crippen molar-refractivity contribution >= 4 is 5.91 Å². The second-order valence-electron chi connectivity index (χ2n) is 5.72. The zero-order valence-corrected chi connectivity index (χ0v) is 13.9. The van der Waals surface area contributed by atoms with Gasteiger partial charge in [-0.3, -0.25) is 4.79 Å². The summed E-state index contributed by atoms with van der Waals surface area (Å²) in [4.78, 5) is 12.4. The van der Waals surface area contributed by atoms with Crippen molar-refractivity contribution in [1.82, 2.24) is 5.32 Å². The minimum Gasteiger partial charge on any atom is -0.348 e. The van der Waals surface area contributed by atoms with E-state index in [1.807, 2.05) is 42.5 Å². The summed E-state index contributed by atoms with van der Waals surface area (Å²) < 4.78 is 0. The van der Waals surface area contributed by atoms with Crippen LogP contribution >= 0.6 is 0 Å². The first-order valence-electron chi connectivity index (χ1n) is 8.08. The van der Waals surface area contributed by atoms with E-state index in [0.29, 0.717) is 23.2 Å². The molecule has 0 aliphatic rings. The lowest BCUT2D eigenvalue weighted by Crippen LogP contribution is -2.23. The van der Waals surface area contributed by atoms with Gasteiger partial charge in [0.2, 0.25) is 0 Å². The fraction of sp³-hybridized carbons (Fsp3) is 0.0455. The van der Waals surface area contributed by atoms with Gasteiger partial charge in [-0.05, 0) is 47.0 Å². The summed E-state index contributed by atoms with van der Waals surface area (Å²) in [5.74, 6) is -0.225. The summed E-state index contributed by atoms with van der Waals surface area (Å²) in [5.41, 5.74) is 4.48. The van der Waals surface area contributed by atoms with Crippen LogP contribution in [0.25, 0.3) is 11.1 Å². The van der Waals surface area contributed by atoms with Crippen LogP contribution in [0.1, 0.15) is 27.0 Å². The third kappa shape index (κ3) is 3.77. The molecule has 1 N–H and O–H groups in total. The van der Waals surface area contributed by atoms with E-state index in [9.17, 15) is 4.79 Å². The zero-order chi connectivity index (χ0) is 18.4. The molecule has 1 amide bonds. The molecule has 0 bridgehead atoms. The molecule has 0 heterocycles. The van der Waals surface area contributed by atoms with Crippen molar-refractivity contribution in [3.8, 4) is 23.3 Å². The Bertz CT molecular complexity index is 1020. The van der Waals surface area contributed by atoms with Gasteiger partial charge in [0.25, 0.3) is 5.91 Å². The molecule has 0 saturated carbocycles. The van der Waals surface area contributed by atoms with Crippen molar-refractivity contribution in [3.63, 3.8) is 0 Å². The van der Waals surface area contributed by atoms with Crippen molar-refractivity contribution in [3.05, 3.63) is 95.1 Å². The molecule has 0 radical (unpaired) electrons. The molecule has 0 saturated heterocycles. The largest absolute Gasteiger partial charge is 0.348 e. The molecular weight excluding hydrogens is 322 g/mol. The van der Waals surface area contributed by atoms with Crippen LogP contribution in [0.3, 0.4) is 0 Å². The van der Waals surface area contributed by atoms with Gasteiger partial charge in [-0.2, -0.15) is 10.5 Å². The van der Waals surface area contributed by atoms with Gasteiger partial charge in [0, 0.05) is 12.1 Å². The Morgan fingerprint density at radius 1 is 0.846 bits per heavy atom. The van der Waals surface area contributed by atoms with E-state index in [4.69, 9.17) is 10.5 Å². The van der Waals surface area contributed by atoms with Crippen molar-refractivity contribution in [2.45, 2.75) is 6.54 Å². The third-order valence-corrected chi connectivity index (χ3v) is 4.04. The SMILES string of the molecule is N#Cc1ccc(-c2ccccc2CNC(=O)c2cccc(C#N)c2)cc1. The fourth-order valence-electron chi connectivity index (χ4n) is 2.69. The number of nitrogens with one attached hydrogen (secondary N) is 1. The van der Waals surface area contributed by atoms with E-state index in [-0.39, 0.29) is 5.91 Å². The number of amides is 1. The Hall–Kier alpha value is -3.89. The van der Waals surface area contributed by atoms with Crippen LogP contribution in [0.5, 0.6) is 0 Å². The minimum absolute atomic E-state index is 0.225. The molecule has 124 valence electrons. The lowest BCUT2D eigenvalue weighted by atomic mass is 9.98. The van der Waals surface area contributed by atoms with Gasteiger partial charge < -0.3 is 5.32 Å². The number of carbonyl (C=O) groups is 1. The molecule has 0 aliphatic carbocycles. The molecule has 3 aromatic carbocycles. The standard InChI is InChI=1S/C22H15N3O/c23-13-16-8-10-18(11-9-16)21-7-2-1-5-20(21)15-25-22(26)19-6-3-4-17(12-19)14-24/h1-12H,15H2,(H,25,26). The zero-order valence-electron chi connectivity index (χ0n) is 13.9. The lowest BCUT2D eigenvalue weighted by Gasteiger charge is -2.11. The van der Waals surface area contributed by atoms with Crippen LogP contribution in [0, 0.1) is 22.7 Å². The number of hydrogen-bond acceptors (Lipinski definition) is 3. The van der Waals surface area contributed by atoms with Crippen molar-refractivity contribution in [2.75, 3.05) is 0 Å². The average molecular weight is 337 g/mol. The first kappa shape index (κ1) is 17.0. The van der Waals surface area contributed by atoms with Gasteiger partial charge >= 0.3 is 0 Å². The summed E-state index contributed by atoms with van der Waals surface area (Å²) in [6, 6.07) is 25.9. The molecule has 0 spiro atoms. The van der Waals surface area contributed by atoms with E-state index in [1.165, 1.54) is 0 Å². The third-order valence-electron chi connectivity index (χ3n) is 4.04. The molecule has 0 unspecified atom stereocenters. The van der Waals surface area contributed by atoms with Crippen LogP contribution in [-0.4, -0.2) is 5.91 Å². The highest BCUT2D eigenvalue weighted by atomic mass is 16.1. The summed E-state index contributed by atoms with van der Waals surface area (Å²) in [6.07, 6.45) is 0. The van der Waals surface area contributed by atoms with Gasteiger partial charge in [0.05, 0.1) is 23.3 Å². The summed E-state index contributed by atoms with van der Waals surface area (Å²) in [6.45, 7) is 0.367. The van der Waals surface area contributed by atoms with Gasteiger partial charge in [-0.25, -0.2) is 0 Å². The van der Waals surface area contributed by atoms with Crippen molar-refractivity contribution in [1.29, 1.82) is 10.5 Å². The van der Waals surface area contributed by atoms with Gasteiger partial charge in [0.1, 0.15) is 0 Å². The molecule has 3 rings (SSSR count). The van der Waals surface area contributed by atoms with Gasteiger partial charge in [0.15, 0.2) is 0 Å². The number of rotatable bonds is 4. The first-order valence-corrected chi connectivity index (χ1v) is 8.08. The number of carbonyl (C=O) groups excluding carboxylic acids is 1. The highest BCUT2D eigenvalue weighted by Crippen LogP contribution is 2.24. The normalized spacial score (nSPS) is 9.77. The molecule has 0 atom stereocenters. The molecule has 4 nitrogen and oxygen atoms in total. The number of nitrogens with zero attached hydrogens (tertiary/aromatic N) is 2. The molecule has 26 heavy (non-hydrogen) atoms. The Morgan fingerprint density at radius 3 is 2.31 bits per heavy atom. The number of benzene rings is 3. The second-order valence-corrected chi connectivity index (χ2v) is 5.72. The molecule has 0 aromatic heterocycles. The topological polar surface area (TPSA) is 76.7 Å². The van der Waals surface area contributed by atoms with Crippen LogP contribution in [0.4, 0.5) is 0 Å². The monoisotopic (exact) mass is 337 g/mol. The maximum atomic E-state index is 12.4. The average Bonchev–Trinajstić information content (AvgIpc) is 2.72. The smallest absolute Gasteiger partial charge is 0.251 e. The fourth-order valence-corrected chi connectivity index (χ4v) is 2.69. The van der Waals surface area contributed by atoms with E-state index in [1.54, 1.807) is 36.4 Å². The Morgan fingerprint density at radius 2 is 1.58 bits per heavy atom. The molecule has 3 aromatic rings. The molecular formula is C22H15N3O. The van der Waals surface area contributed by atoms with E-state index < -0.39 is 0 Å². The number of hydrogen-bond donors (Lipinski definition) is 1. The number of nitriles is 2. The van der Waals surface area contributed by atoms with Crippen molar-refractivity contribution < 1.29 is 4.79 Å². The van der Waals surface area contributed by atoms with Crippen LogP contribution in [0.2, 0.25) is 0 Å². The molecule has 0 fully saturated rings. The highest BCUT2D eigenvalue weighted by molar-refractivity contribution is 5.94. The van der Waals surface area contributed by atoms with E-state index in [2.05, 4.69) is 11.4 Å². The summed E-state index contributed by atoms with van der Waals surface area (Å²) in [7, 11) is 0. The lowest BCUT2D eigenvalue weighted by molar-refractivity contribution is 0.0951. The van der Waals surface area contributed by atoms with Gasteiger partial charge in [-0.1, -0.05) is 42.5 Å². The summed E-state index contributed by atoms with van der Waals surface area (Å²) in [5, 5.41) is 20.8. The molecule has 4 heteroatoms. The summed E-state index contributed by atoms with van der Waals surface area (Å²) >= 11 is 0. The van der Waals surface area contributed by atoms with E-state index >= 15 is 0 Å². The maximum Gasteiger partial charge on any atom is 0.251 e. The quantitative estimate of drug-likeness (QED) is 0.781. The van der Waals surface area contributed by atoms with Crippen LogP contribution in [-0.2, 0) is 6.54 Å². The highest BCUT2D eigenvalue weighted by Gasteiger charge is 2.09. The van der Waals surface area contributed by atoms with E-state index in [0.717, 1.165) is 16.7 Å². The second kappa shape index (κ2) is 7.79.